The first-order chi connectivity index (χ1) is 10.4. The number of nitrogens with one attached hydrogen (secondary N) is 1. The lowest BCUT2D eigenvalue weighted by Gasteiger charge is -2.07. The molecule has 6 nitrogen and oxygen atoms in total. The summed E-state index contributed by atoms with van der Waals surface area (Å²) < 4.78 is 1.28. The molecule has 0 heterocycles. The number of hydrazone groups is 1. The van der Waals surface area contributed by atoms with Crippen molar-refractivity contribution >= 4 is 49.7 Å². The van der Waals surface area contributed by atoms with Gasteiger partial charge in [-0.1, -0.05) is 15.9 Å². The summed E-state index contributed by atoms with van der Waals surface area (Å²) in [6, 6.07) is 7.33. The third-order valence-corrected chi connectivity index (χ3v) is 3.84. The highest BCUT2D eigenvalue weighted by Gasteiger charge is 2.12. The van der Waals surface area contributed by atoms with Gasteiger partial charge in [-0.15, -0.1) is 0 Å². The Morgan fingerprint density at radius 2 is 1.95 bits per heavy atom. The van der Waals surface area contributed by atoms with E-state index in [4.69, 9.17) is 5.73 Å². The van der Waals surface area contributed by atoms with E-state index in [1.54, 1.807) is 12.1 Å². The number of carbonyl (C=O) groups excluding carboxylic acids is 1. The van der Waals surface area contributed by atoms with Gasteiger partial charge in [0.05, 0.1) is 17.5 Å². The maximum absolute atomic E-state index is 12.1. The minimum absolute atomic E-state index is 0.0644. The molecule has 0 aliphatic carbocycles. The van der Waals surface area contributed by atoms with Crippen LogP contribution in [0.4, 0.5) is 5.69 Å². The van der Waals surface area contributed by atoms with Gasteiger partial charge in [0, 0.05) is 20.6 Å². The van der Waals surface area contributed by atoms with E-state index in [0.29, 0.717) is 20.2 Å². The molecule has 8 heteroatoms. The SMILES string of the molecule is Nc1c(Br)cc(Br)cc1C(=O)NN=Cc1ccc(O)cc1O. The fraction of sp³-hybridized carbons (Fsp3) is 0. The zero-order valence-corrected chi connectivity index (χ0v) is 14.2. The number of hydrogen-bond acceptors (Lipinski definition) is 5. The van der Waals surface area contributed by atoms with E-state index < -0.39 is 5.91 Å². The molecule has 0 fully saturated rings. The minimum Gasteiger partial charge on any atom is -0.508 e. The molecule has 2 aromatic rings. The number of phenols is 2. The zero-order valence-electron chi connectivity index (χ0n) is 11.0. The number of phenolic OH excluding ortho intramolecular Hbond substituents is 2. The minimum atomic E-state index is -0.492. The van der Waals surface area contributed by atoms with E-state index in [1.165, 1.54) is 24.4 Å². The highest BCUT2D eigenvalue weighted by atomic mass is 79.9. The summed E-state index contributed by atoms with van der Waals surface area (Å²) >= 11 is 6.53. The average Bonchev–Trinajstić information content (AvgIpc) is 2.45. The van der Waals surface area contributed by atoms with Gasteiger partial charge in [-0.25, -0.2) is 5.43 Å². The molecule has 2 aromatic carbocycles. The van der Waals surface area contributed by atoms with Gasteiger partial charge in [-0.3, -0.25) is 4.79 Å². The maximum Gasteiger partial charge on any atom is 0.273 e. The molecule has 0 radical (unpaired) electrons. The molecule has 0 aromatic heterocycles. The lowest BCUT2D eigenvalue weighted by Crippen LogP contribution is -2.19. The molecule has 0 unspecified atom stereocenters. The predicted molar refractivity (Wildman–Crippen MR) is 91.1 cm³/mol. The highest BCUT2D eigenvalue weighted by Crippen LogP contribution is 2.28. The first-order valence-electron chi connectivity index (χ1n) is 5.98. The van der Waals surface area contributed by atoms with Crippen LogP contribution in [0.1, 0.15) is 15.9 Å². The maximum atomic E-state index is 12.1. The van der Waals surface area contributed by atoms with Gasteiger partial charge in [0.15, 0.2) is 0 Å². The van der Waals surface area contributed by atoms with Crippen LogP contribution >= 0.6 is 31.9 Å². The number of benzene rings is 2. The summed E-state index contributed by atoms with van der Waals surface area (Å²) in [7, 11) is 0. The number of amides is 1. The lowest BCUT2D eigenvalue weighted by molar-refractivity contribution is 0.0956. The van der Waals surface area contributed by atoms with Gasteiger partial charge < -0.3 is 15.9 Å². The fourth-order valence-corrected chi connectivity index (χ4v) is 2.86. The topological polar surface area (TPSA) is 108 Å². The molecule has 0 aliphatic heterocycles. The number of rotatable bonds is 3. The molecule has 0 aliphatic rings. The van der Waals surface area contributed by atoms with Gasteiger partial charge >= 0.3 is 0 Å². The Bertz CT molecular complexity index is 763. The van der Waals surface area contributed by atoms with Crippen molar-refractivity contribution in [3.05, 3.63) is 50.4 Å². The second-order valence-corrected chi connectivity index (χ2v) is 6.06. The van der Waals surface area contributed by atoms with Gasteiger partial charge in [0.1, 0.15) is 11.5 Å². The van der Waals surface area contributed by atoms with Crippen LogP contribution in [0.2, 0.25) is 0 Å². The van der Waals surface area contributed by atoms with Crippen molar-refractivity contribution in [2.75, 3.05) is 5.73 Å². The fourth-order valence-electron chi connectivity index (χ4n) is 1.63. The molecule has 0 atom stereocenters. The molecule has 0 bridgehead atoms. The molecule has 114 valence electrons. The van der Waals surface area contributed by atoms with E-state index >= 15 is 0 Å². The Kier molecular flexibility index (Phi) is 5.04. The third kappa shape index (κ3) is 3.77. The van der Waals surface area contributed by atoms with Crippen LogP contribution in [0.3, 0.4) is 0 Å². The highest BCUT2D eigenvalue weighted by molar-refractivity contribution is 9.11. The number of carbonyl (C=O) groups is 1. The van der Waals surface area contributed by atoms with Crippen molar-refractivity contribution in [1.82, 2.24) is 5.43 Å². The van der Waals surface area contributed by atoms with E-state index in [2.05, 4.69) is 42.4 Å². The van der Waals surface area contributed by atoms with Crippen LogP contribution < -0.4 is 11.2 Å². The molecular weight excluding hydrogens is 418 g/mol. The summed E-state index contributed by atoms with van der Waals surface area (Å²) in [5, 5.41) is 22.5. The molecule has 0 spiro atoms. The Balaban J connectivity index is 2.15. The average molecular weight is 429 g/mol. The molecular formula is C14H11Br2N3O3. The molecule has 0 saturated heterocycles. The van der Waals surface area contributed by atoms with Crippen molar-refractivity contribution in [1.29, 1.82) is 0 Å². The van der Waals surface area contributed by atoms with E-state index in [-0.39, 0.29) is 17.1 Å². The Morgan fingerprint density at radius 3 is 2.64 bits per heavy atom. The number of nitrogen functional groups attached to an aromatic ring is 1. The number of hydrogen-bond donors (Lipinski definition) is 4. The summed E-state index contributed by atoms with van der Waals surface area (Å²) in [6.45, 7) is 0. The standard InChI is InChI=1S/C14H11Br2N3O3/c15-8-3-10(13(17)11(16)4-8)14(22)19-18-6-7-1-2-9(20)5-12(7)21/h1-6,20-21H,17H2,(H,19,22). The number of nitrogens with zero attached hydrogens (tertiary/aromatic N) is 1. The molecule has 5 N–H and O–H groups in total. The van der Waals surface area contributed by atoms with Crippen molar-refractivity contribution < 1.29 is 15.0 Å². The van der Waals surface area contributed by atoms with Crippen molar-refractivity contribution in [3.63, 3.8) is 0 Å². The first kappa shape index (κ1) is 16.3. The van der Waals surface area contributed by atoms with E-state index in [0.717, 1.165) is 0 Å². The van der Waals surface area contributed by atoms with E-state index in [1.807, 2.05) is 0 Å². The normalized spacial score (nSPS) is 10.8. The number of anilines is 1. The number of halogens is 2. The van der Waals surface area contributed by atoms with Crippen molar-refractivity contribution in [2.45, 2.75) is 0 Å². The number of aromatic hydroxyl groups is 2. The Labute approximate surface area is 142 Å². The Hall–Kier alpha value is -2.06. The smallest absolute Gasteiger partial charge is 0.273 e. The van der Waals surface area contributed by atoms with Crippen LogP contribution in [-0.4, -0.2) is 22.3 Å². The second-order valence-electron chi connectivity index (χ2n) is 4.29. The van der Waals surface area contributed by atoms with Crippen LogP contribution in [0, 0.1) is 0 Å². The Morgan fingerprint density at radius 1 is 1.23 bits per heavy atom. The van der Waals surface area contributed by atoms with Gasteiger partial charge in [-0.05, 0) is 40.2 Å². The largest absolute Gasteiger partial charge is 0.508 e. The van der Waals surface area contributed by atoms with Crippen LogP contribution in [-0.2, 0) is 0 Å². The number of nitrogens with two attached hydrogens (primary N) is 1. The molecule has 22 heavy (non-hydrogen) atoms. The zero-order chi connectivity index (χ0) is 16.3. The predicted octanol–water partition coefficient (Wildman–Crippen LogP) is 2.97. The van der Waals surface area contributed by atoms with Gasteiger partial charge in [-0.2, -0.15) is 5.10 Å². The summed E-state index contributed by atoms with van der Waals surface area (Å²) in [5.74, 6) is -0.706. The van der Waals surface area contributed by atoms with Gasteiger partial charge in [0.2, 0.25) is 0 Å². The van der Waals surface area contributed by atoms with Gasteiger partial charge in [0.25, 0.3) is 5.91 Å². The monoisotopic (exact) mass is 427 g/mol. The van der Waals surface area contributed by atoms with Crippen LogP contribution in [0.15, 0.2) is 44.4 Å². The molecule has 0 saturated carbocycles. The lowest BCUT2D eigenvalue weighted by atomic mass is 10.2. The first-order valence-corrected chi connectivity index (χ1v) is 7.57. The quantitative estimate of drug-likeness (QED) is 0.342. The molecule has 2 rings (SSSR count). The summed E-state index contributed by atoms with van der Waals surface area (Å²) in [4.78, 5) is 12.1. The van der Waals surface area contributed by atoms with Crippen LogP contribution in [0.5, 0.6) is 11.5 Å². The van der Waals surface area contributed by atoms with Crippen molar-refractivity contribution in [3.8, 4) is 11.5 Å². The summed E-state index contributed by atoms with van der Waals surface area (Å²) in [5.41, 5.74) is 9.05. The molecule has 1 amide bonds. The van der Waals surface area contributed by atoms with E-state index in [9.17, 15) is 15.0 Å². The van der Waals surface area contributed by atoms with Crippen molar-refractivity contribution in [2.24, 2.45) is 5.10 Å². The second kappa shape index (κ2) is 6.80. The third-order valence-electron chi connectivity index (χ3n) is 2.72. The summed E-state index contributed by atoms with van der Waals surface area (Å²) in [6.07, 6.45) is 1.26. The van der Waals surface area contributed by atoms with Crippen LogP contribution in [0.25, 0.3) is 0 Å².